The van der Waals surface area contributed by atoms with Gasteiger partial charge in [-0.05, 0) is 32.6 Å². The third-order valence-corrected chi connectivity index (χ3v) is 3.28. The molecule has 4 heteroatoms. The zero-order valence-electron chi connectivity index (χ0n) is 9.38. The van der Waals surface area contributed by atoms with Crippen LogP contribution in [0.3, 0.4) is 0 Å². The van der Waals surface area contributed by atoms with E-state index < -0.39 is 0 Å². The smallest absolute Gasteiger partial charge is 0.217 e. The molecule has 1 aliphatic heterocycles. The standard InChI is InChI=1S/C11H18N2O2/c1-8-7-11(15-13-8)5-3-10(4-6-11)12-9(2)14/h10H,3-7H2,1-2H3,(H,12,14). The van der Waals surface area contributed by atoms with Gasteiger partial charge in [0.15, 0.2) is 0 Å². The van der Waals surface area contributed by atoms with Crippen LogP contribution in [-0.4, -0.2) is 23.3 Å². The molecule has 1 saturated carbocycles. The fourth-order valence-electron chi connectivity index (χ4n) is 2.55. The summed E-state index contributed by atoms with van der Waals surface area (Å²) in [6.45, 7) is 3.58. The Morgan fingerprint density at radius 3 is 2.67 bits per heavy atom. The van der Waals surface area contributed by atoms with Gasteiger partial charge in [0.2, 0.25) is 5.91 Å². The molecule has 1 heterocycles. The number of rotatable bonds is 1. The van der Waals surface area contributed by atoms with Crippen molar-refractivity contribution in [2.24, 2.45) is 5.16 Å². The molecule has 1 fully saturated rings. The quantitative estimate of drug-likeness (QED) is 0.714. The number of hydrogen-bond acceptors (Lipinski definition) is 3. The second-order valence-electron chi connectivity index (χ2n) is 4.75. The zero-order valence-corrected chi connectivity index (χ0v) is 9.38. The number of nitrogens with zero attached hydrogens (tertiary/aromatic N) is 1. The Labute approximate surface area is 90.1 Å². The van der Waals surface area contributed by atoms with E-state index in [-0.39, 0.29) is 11.5 Å². The summed E-state index contributed by atoms with van der Waals surface area (Å²) in [7, 11) is 0. The monoisotopic (exact) mass is 210 g/mol. The van der Waals surface area contributed by atoms with Gasteiger partial charge in [-0.3, -0.25) is 4.79 Å². The van der Waals surface area contributed by atoms with Crippen molar-refractivity contribution in [3.63, 3.8) is 0 Å². The van der Waals surface area contributed by atoms with Crippen LogP contribution >= 0.6 is 0 Å². The van der Waals surface area contributed by atoms with Gasteiger partial charge in [0, 0.05) is 19.4 Å². The van der Waals surface area contributed by atoms with Gasteiger partial charge in [0.05, 0.1) is 5.71 Å². The van der Waals surface area contributed by atoms with Crippen molar-refractivity contribution in [2.45, 2.75) is 57.6 Å². The molecule has 0 aromatic carbocycles. The second kappa shape index (κ2) is 3.83. The molecule has 1 amide bonds. The first kappa shape index (κ1) is 10.5. The van der Waals surface area contributed by atoms with Gasteiger partial charge in [-0.1, -0.05) is 5.16 Å². The van der Waals surface area contributed by atoms with Crippen LogP contribution in [0.2, 0.25) is 0 Å². The summed E-state index contributed by atoms with van der Waals surface area (Å²) >= 11 is 0. The SMILES string of the molecule is CC(=O)NC1CCC2(CC1)CC(C)=NO2. The lowest BCUT2D eigenvalue weighted by Gasteiger charge is -2.34. The summed E-state index contributed by atoms with van der Waals surface area (Å²) in [5.74, 6) is 0.0655. The zero-order chi connectivity index (χ0) is 10.9. The van der Waals surface area contributed by atoms with E-state index in [9.17, 15) is 4.79 Å². The fraction of sp³-hybridized carbons (Fsp3) is 0.818. The average Bonchev–Trinajstić information content (AvgIpc) is 2.52. The van der Waals surface area contributed by atoms with Crippen molar-refractivity contribution < 1.29 is 9.63 Å². The summed E-state index contributed by atoms with van der Waals surface area (Å²) < 4.78 is 0. The Morgan fingerprint density at radius 1 is 1.53 bits per heavy atom. The molecular formula is C11H18N2O2. The maximum atomic E-state index is 10.9. The predicted molar refractivity (Wildman–Crippen MR) is 57.6 cm³/mol. The number of amides is 1. The highest BCUT2D eigenvalue weighted by Crippen LogP contribution is 2.38. The van der Waals surface area contributed by atoms with E-state index in [4.69, 9.17) is 4.84 Å². The lowest BCUT2D eigenvalue weighted by atomic mass is 9.79. The van der Waals surface area contributed by atoms with E-state index >= 15 is 0 Å². The van der Waals surface area contributed by atoms with Crippen molar-refractivity contribution in [3.05, 3.63) is 0 Å². The van der Waals surface area contributed by atoms with Gasteiger partial charge in [-0.15, -0.1) is 0 Å². The van der Waals surface area contributed by atoms with Crippen LogP contribution in [0.25, 0.3) is 0 Å². The molecule has 1 aliphatic carbocycles. The van der Waals surface area contributed by atoms with E-state index in [2.05, 4.69) is 10.5 Å². The van der Waals surface area contributed by atoms with Gasteiger partial charge in [-0.2, -0.15) is 0 Å². The summed E-state index contributed by atoms with van der Waals surface area (Å²) in [4.78, 5) is 16.4. The van der Waals surface area contributed by atoms with Crippen molar-refractivity contribution in [3.8, 4) is 0 Å². The van der Waals surface area contributed by atoms with Crippen LogP contribution in [-0.2, 0) is 9.63 Å². The van der Waals surface area contributed by atoms with Crippen molar-refractivity contribution >= 4 is 11.6 Å². The first-order valence-electron chi connectivity index (χ1n) is 5.58. The third kappa shape index (κ3) is 2.30. The molecule has 0 aromatic heterocycles. The second-order valence-corrected chi connectivity index (χ2v) is 4.75. The summed E-state index contributed by atoms with van der Waals surface area (Å²) in [6, 6.07) is 0.331. The van der Waals surface area contributed by atoms with E-state index in [0.717, 1.165) is 37.8 Å². The first-order valence-corrected chi connectivity index (χ1v) is 5.58. The van der Waals surface area contributed by atoms with Crippen LogP contribution < -0.4 is 5.32 Å². The molecule has 0 unspecified atom stereocenters. The van der Waals surface area contributed by atoms with E-state index in [1.54, 1.807) is 6.92 Å². The average molecular weight is 210 g/mol. The number of carbonyl (C=O) groups is 1. The first-order chi connectivity index (χ1) is 7.10. The Morgan fingerprint density at radius 2 is 2.20 bits per heavy atom. The Hall–Kier alpha value is -1.06. The summed E-state index contributed by atoms with van der Waals surface area (Å²) in [5.41, 5.74) is 1.05. The molecule has 4 nitrogen and oxygen atoms in total. The molecule has 0 bridgehead atoms. The maximum absolute atomic E-state index is 10.9. The molecule has 0 radical (unpaired) electrons. The van der Waals surface area contributed by atoms with Crippen LogP contribution in [0.15, 0.2) is 5.16 Å². The lowest BCUT2D eigenvalue weighted by Crippen LogP contribution is -2.42. The minimum atomic E-state index is -0.0426. The normalized spacial score (nSPS) is 34.8. The van der Waals surface area contributed by atoms with E-state index in [0.29, 0.717) is 6.04 Å². The van der Waals surface area contributed by atoms with Crippen molar-refractivity contribution in [1.82, 2.24) is 5.32 Å². The highest BCUT2D eigenvalue weighted by atomic mass is 16.7. The Bertz CT molecular complexity index is 291. The highest BCUT2D eigenvalue weighted by Gasteiger charge is 2.41. The number of nitrogens with one attached hydrogen (secondary N) is 1. The number of carbonyl (C=O) groups excluding carboxylic acids is 1. The molecule has 2 rings (SSSR count). The largest absolute Gasteiger partial charge is 0.389 e. The molecule has 1 spiro atoms. The van der Waals surface area contributed by atoms with Crippen LogP contribution in [0, 0.1) is 0 Å². The predicted octanol–water partition coefficient (Wildman–Crippen LogP) is 1.60. The molecular weight excluding hydrogens is 192 g/mol. The summed E-state index contributed by atoms with van der Waals surface area (Å²) in [6.07, 6.45) is 4.96. The highest BCUT2D eigenvalue weighted by molar-refractivity contribution is 5.83. The molecule has 0 atom stereocenters. The van der Waals surface area contributed by atoms with Gasteiger partial charge >= 0.3 is 0 Å². The molecule has 15 heavy (non-hydrogen) atoms. The molecule has 84 valence electrons. The van der Waals surface area contributed by atoms with Gasteiger partial charge in [0.1, 0.15) is 5.60 Å². The fourth-order valence-corrected chi connectivity index (χ4v) is 2.55. The van der Waals surface area contributed by atoms with E-state index in [1.165, 1.54) is 0 Å². The molecule has 1 N–H and O–H groups in total. The van der Waals surface area contributed by atoms with Gasteiger partial charge in [0.25, 0.3) is 0 Å². The lowest BCUT2D eigenvalue weighted by molar-refractivity contribution is -0.120. The van der Waals surface area contributed by atoms with E-state index in [1.807, 2.05) is 6.92 Å². The Kier molecular flexibility index (Phi) is 2.67. The van der Waals surface area contributed by atoms with Crippen LogP contribution in [0.5, 0.6) is 0 Å². The van der Waals surface area contributed by atoms with Crippen molar-refractivity contribution in [2.75, 3.05) is 0 Å². The van der Waals surface area contributed by atoms with Crippen LogP contribution in [0.4, 0.5) is 0 Å². The summed E-state index contributed by atoms with van der Waals surface area (Å²) in [5, 5.41) is 7.00. The third-order valence-electron chi connectivity index (χ3n) is 3.28. The van der Waals surface area contributed by atoms with Gasteiger partial charge in [-0.25, -0.2) is 0 Å². The molecule has 0 aromatic rings. The molecule has 2 aliphatic rings. The minimum Gasteiger partial charge on any atom is -0.389 e. The molecule has 0 saturated heterocycles. The van der Waals surface area contributed by atoms with Crippen molar-refractivity contribution in [1.29, 1.82) is 0 Å². The number of hydrogen-bond donors (Lipinski definition) is 1. The van der Waals surface area contributed by atoms with Gasteiger partial charge < -0.3 is 10.2 Å². The minimum absolute atomic E-state index is 0.0426. The maximum Gasteiger partial charge on any atom is 0.217 e. The number of oxime groups is 1. The Balaban J connectivity index is 1.85. The van der Waals surface area contributed by atoms with Crippen LogP contribution in [0.1, 0.15) is 46.0 Å². The topological polar surface area (TPSA) is 50.7 Å².